The normalized spacial score (nSPS) is 11.6. The third kappa shape index (κ3) is 7.60. The van der Waals surface area contributed by atoms with Gasteiger partial charge in [0.25, 0.3) is 5.91 Å². The molecule has 1 atom stereocenters. The lowest BCUT2D eigenvalue weighted by atomic mass is 10.1. The summed E-state index contributed by atoms with van der Waals surface area (Å²) in [5.41, 5.74) is 3.67. The second kappa shape index (κ2) is 12.4. The summed E-state index contributed by atoms with van der Waals surface area (Å²) < 4.78 is 12.2. The van der Waals surface area contributed by atoms with Crippen LogP contribution in [0.3, 0.4) is 0 Å². The van der Waals surface area contributed by atoms with Gasteiger partial charge in [-0.05, 0) is 65.2 Å². The molecule has 3 rings (SSSR count). The first-order valence-corrected chi connectivity index (χ1v) is 11.6. The zero-order chi connectivity index (χ0) is 23.6. The molecule has 0 radical (unpaired) electrons. The number of benzene rings is 3. The van der Waals surface area contributed by atoms with Crippen molar-refractivity contribution in [2.45, 2.75) is 26.5 Å². The summed E-state index contributed by atoms with van der Waals surface area (Å²) in [5.74, 6) is 0.772. The molecule has 6 nitrogen and oxygen atoms in total. The number of ether oxygens (including phenoxy) is 2. The first kappa shape index (κ1) is 24.8. The maximum Gasteiger partial charge on any atom is 0.262 e. The molecule has 0 heterocycles. The predicted molar refractivity (Wildman–Crippen MR) is 134 cm³/mol. The van der Waals surface area contributed by atoms with Crippen LogP contribution in [0.15, 0.2) is 71.2 Å². The number of aliphatic hydroxyl groups excluding tert-OH is 1. The second-order valence-corrected chi connectivity index (χ2v) is 8.45. The van der Waals surface area contributed by atoms with E-state index in [1.54, 1.807) is 0 Å². The Labute approximate surface area is 203 Å². The van der Waals surface area contributed by atoms with Gasteiger partial charge in [-0.2, -0.15) is 0 Å². The topological polar surface area (TPSA) is 79.8 Å². The van der Waals surface area contributed by atoms with Crippen molar-refractivity contribution in [1.29, 1.82) is 0 Å². The predicted octanol–water partition coefficient (Wildman–Crippen LogP) is 5.00. The molecule has 7 heteroatoms. The SMILES string of the molecule is CCOc1cc(CNCC(O)c2ccccc2)cc(Br)c1OCC(=O)Nc1ccc(C)cc1. The Bertz CT molecular complexity index is 1040. The Morgan fingerprint density at radius 3 is 2.48 bits per heavy atom. The molecule has 0 aromatic heterocycles. The van der Waals surface area contributed by atoms with Gasteiger partial charge < -0.3 is 25.2 Å². The summed E-state index contributed by atoms with van der Waals surface area (Å²) in [6, 6.07) is 20.9. The number of aliphatic hydroxyl groups is 1. The quantitative estimate of drug-likeness (QED) is 0.337. The third-order valence-corrected chi connectivity index (χ3v) is 5.49. The van der Waals surface area contributed by atoms with Crippen molar-refractivity contribution in [3.05, 3.63) is 87.9 Å². The van der Waals surface area contributed by atoms with E-state index in [9.17, 15) is 9.90 Å². The Morgan fingerprint density at radius 1 is 1.06 bits per heavy atom. The molecule has 1 amide bonds. The van der Waals surface area contributed by atoms with Crippen LogP contribution in [0.4, 0.5) is 5.69 Å². The smallest absolute Gasteiger partial charge is 0.262 e. The van der Waals surface area contributed by atoms with Crippen LogP contribution in [-0.2, 0) is 11.3 Å². The number of anilines is 1. The standard InChI is InChI=1S/C26H29BrN2O4/c1-3-32-24-14-19(15-28-16-23(30)20-7-5-4-6-8-20)13-22(27)26(24)33-17-25(31)29-21-11-9-18(2)10-12-21/h4-14,23,28,30H,3,15-17H2,1-2H3,(H,29,31). The van der Waals surface area contributed by atoms with E-state index in [4.69, 9.17) is 9.47 Å². The van der Waals surface area contributed by atoms with Crippen LogP contribution < -0.4 is 20.1 Å². The maximum absolute atomic E-state index is 12.3. The van der Waals surface area contributed by atoms with E-state index >= 15 is 0 Å². The van der Waals surface area contributed by atoms with Gasteiger partial charge in [-0.15, -0.1) is 0 Å². The summed E-state index contributed by atoms with van der Waals surface area (Å²) in [6.07, 6.45) is -0.587. The van der Waals surface area contributed by atoms with Crippen LogP contribution in [0.5, 0.6) is 11.5 Å². The fourth-order valence-electron chi connectivity index (χ4n) is 3.24. The number of hydrogen-bond donors (Lipinski definition) is 3. The molecule has 174 valence electrons. The van der Waals surface area contributed by atoms with Gasteiger partial charge in [0.1, 0.15) is 0 Å². The zero-order valence-corrected chi connectivity index (χ0v) is 20.4. The van der Waals surface area contributed by atoms with Gasteiger partial charge in [-0.1, -0.05) is 48.0 Å². The number of nitrogens with one attached hydrogen (secondary N) is 2. The van der Waals surface area contributed by atoms with E-state index in [2.05, 4.69) is 26.6 Å². The average molecular weight is 513 g/mol. The molecule has 1 unspecified atom stereocenters. The zero-order valence-electron chi connectivity index (χ0n) is 18.8. The van der Waals surface area contributed by atoms with Gasteiger partial charge in [0.15, 0.2) is 18.1 Å². The van der Waals surface area contributed by atoms with E-state index in [-0.39, 0.29) is 12.5 Å². The molecule has 3 N–H and O–H groups in total. The summed E-state index contributed by atoms with van der Waals surface area (Å²) >= 11 is 3.54. The number of amides is 1. The van der Waals surface area contributed by atoms with Crippen molar-refractivity contribution in [3.8, 4) is 11.5 Å². The van der Waals surface area contributed by atoms with Crippen LogP contribution in [0, 0.1) is 6.92 Å². The molecule has 0 saturated heterocycles. The van der Waals surface area contributed by atoms with Gasteiger partial charge >= 0.3 is 0 Å². The number of rotatable bonds is 11. The number of carbonyl (C=O) groups excluding carboxylic acids is 1. The lowest BCUT2D eigenvalue weighted by Gasteiger charge is -2.16. The lowest BCUT2D eigenvalue weighted by Crippen LogP contribution is -2.21. The fraction of sp³-hybridized carbons (Fsp3) is 0.269. The van der Waals surface area contributed by atoms with Gasteiger partial charge in [0.05, 0.1) is 17.2 Å². The molecular weight excluding hydrogens is 484 g/mol. The Balaban J connectivity index is 1.59. The summed E-state index contributed by atoms with van der Waals surface area (Å²) in [5, 5.41) is 16.4. The molecule has 0 aliphatic heterocycles. The second-order valence-electron chi connectivity index (χ2n) is 7.60. The van der Waals surface area contributed by atoms with Crippen LogP contribution in [0.25, 0.3) is 0 Å². The first-order chi connectivity index (χ1) is 16.0. The van der Waals surface area contributed by atoms with Crippen molar-refractivity contribution >= 4 is 27.5 Å². The molecule has 33 heavy (non-hydrogen) atoms. The molecule has 0 bridgehead atoms. The Kier molecular flexibility index (Phi) is 9.30. The fourth-order valence-corrected chi connectivity index (χ4v) is 3.85. The van der Waals surface area contributed by atoms with Crippen LogP contribution in [-0.4, -0.2) is 30.8 Å². The number of carbonyl (C=O) groups is 1. The molecule has 3 aromatic carbocycles. The van der Waals surface area contributed by atoms with E-state index in [1.165, 1.54) is 0 Å². The highest BCUT2D eigenvalue weighted by Gasteiger charge is 2.15. The van der Waals surface area contributed by atoms with Crippen LogP contribution >= 0.6 is 15.9 Å². The van der Waals surface area contributed by atoms with E-state index in [0.717, 1.165) is 22.4 Å². The van der Waals surface area contributed by atoms with Crippen molar-refractivity contribution in [1.82, 2.24) is 5.32 Å². The summed E-state index contributed by atoms with van der Waals surface area (Å²) in [6.45, 7) is 5.16. The van der Waals surface area contributed by atoms with Crippen LogP contribution in [0.2, 0.25) is 0 Å². The third-order valence-electron chi connectivity index (χ3n) is 4.90. The largest absolute Gasteiger partial charge is 0.490 e. The van der Waals surface area contributed by atoms with Crippen molar-refractivity contribution in [2.75, 3.05) is 25.1 Å². The molecular formula is C26H29BrN2O4. The van der Waals surface area contributed by atoms with Gasteiger partial charge in [-0.25, -0.2) is 0 Å². The monoisotopic (exact) mass is 512 g/mol. The van der Waals surface area contributed by atoms with E-state index in [1.807, 2.05) is 80.6 Å². The minimum Gasteiger partial charge on any atom is -0.490 e. The highest BCUT2D eigenvalue weighted by Crippen LogP contribution is 2.37. The van der Waals surface area contributed by atoms with E-state index in [0.29, 0.717) is 35.7 Å². The molecule has 0 aliphatic carbocycles. The lowest BCUT2D eigenvalue weighted by molar-refractivity contribution is -0.118. The molecule has 0 aliphatic rings. The highest BCUT2D eigenvalue weighted by molar-refractivity contribution is 9.10. The number of aryl methyl sites for hydroxylation is 1. The molecule has 0 saturated carbocycles. The number of hydrogen-bond acceptors (Lipinski definition) is 5. The van der Waals surface area contributed by atoms with Crippen LogP contribution in [0.1, 0.15) is 29.7 Å². The van der Waals surface area contributed by atoms with Crippen molar-refractivity contribution in [2.24, 2.45) is 0 Å². The highest BCUT2D eigenvalue weighted by atomic mass is 79.9. The number of halogens is 1. The maximum atomic E-state index is 12.3. The molecule has 0 fully saturated rings. The van der Waals surface area contributed by atoms with E-state index < -0.39 is 6.10 Å². The summed E-state index contributed by atoms with van der Waals surface area (Å²) in [7, 11) is 0. The molecule has 0 spiro atoms. The Hall–Kier alpha value is -2.87. The van der Waals surface area contributed by atoms with Gasteiger partial charge in [0.2, 0.25) is 0 Å². The van der Waals surface area contributed by atoms with Crippen molar-refractivity contribution < 1.29 is 19.4 Å². The Morgan fingerprint density at radius 2 is 1.79 bits per heavy atom. The molecule has 3 aromatic rings. The first-order valence-electron chi connectivity index (χ1n) is 10.8. The van der Waals surface area contributed by atoms with Gasteiger partial charge in [0, 0.05) is 18.8 Å². The average Bonchev–Trinajstić information content (AvgIpc) is 2.81. The van der Waals surface area contributed by atoms with Crippen molar-refractivity contribution in [3.63, 3.8) is 0 Å². The van der Waals surface area contributed by atoms with Gasteiger partial charge in [-0.3, -0.25) is 4.79 Å². The minimum absolute atomic E-state index is 0.145. The summed E-state index contributed by atoms with van der Waals surface area (Å²) in [4.78, 5) is 12.3. The minimum atomic E-state index is -0.587.